The number of carbonyl (C=O) groups excluding carboxylic acids is 1. The van der Waals surface area contributed by atoms with Crippen LogP contribution in [0.5, 0.6) is 0 Å². The number of nitrogens with zero attached hydrogens (tertiary/aromatic N) is 1. The van der Waals surface area contributed by atoms with Gasteiger partial charge in [0.05, 0.1) is 6.10 Å². The van der Waals surface area contributed by atoms with E-state index in [1.807, 2.05) is 13.8 Å². The molecule has 1 N–H and O–H groups in total. The molecular weight excluding hydrogens is 228 g/mol. The Balaban J connectivity index is 2.17. The van der Waals surface area contributed by atoms with E-state index in [1.165, 1.54) is 13.0 Å². The molecule has 4 heteroatoms. The summed E-state index contributed by atoms with van der Waals surface area (Å²) in [5, 5.41) is 2.95. The van der Waals surface area contributed by atoms with Crippen molar-refractivity contribution in [3.05, 3.63) is 0 Å². The van der Waals surface area contributed by atoms with Crippen LogP contribution in [0.1, 0.15) is 47.0 Å². The van der Waals surface area contributed by atoms with E-state index in [2.05, 4.69) is 24.1 Å². The predicted octanol–water partition coefficient (Wildman–Crippen LogP) is 2.63. The first-order valence-corrected chi connectivity index (χ1v) is 7.17. The van der Waals surface area contributed by atoms with Crippen LogP contribution in [0, 0.1) is 5.92 Å². The van der Waals surface area contributed by atoms with Gasteiger partial charge in [0.2, 0.25) is 0 Å². The Hall–Kier alpha value is -0.770. The van der Waals surface area contributed by atoms with Gasteiger partial charge in [0.1, 0.15) is 0 Å². The molecule has 0 saturated carbocycles. The molecule has 0 aromatic rings. The van der Waals surface area contributed by atoms with E-state index in [-0.39, 0.29) is 18.2 Å². The molecule has 1 saturated heterocycles. The fourth-order valence-electron chi connectivity index (χ4n) is 2.16. The van der Waals surface area contributed by atoms with Gasteiger partial charge in [-0.15, -0.1) is 0 Å². The van der Waals surface area contributed by atoms with Gasteiger partial charge < -0.3 is 15.0 Å². The van der Waals surface area contributed by atoms with Crippen LogP contribution in [0.25, 0.3) is 0 Å². The zero-order chi connectivity index (χ0) is 13.5. The highest BCUT2D eigenvalue weighted by Crippen LogP contribution is 2.12. The number of amides is 1. The van der Waals surface area contributed by atoms with Crippen molar-refractivity contribution in [2.75, 3.05) is 19.6 Å². The van der Waals surface area contributed by atoms with Crippen molar-refractivity contribution in [3.8, 4) is 0 Å². The van der Waals surface area contributed by atoms with E-state index in [0.29, 0.717) is 0 Å². The van der Waals surface area contributed by atoms with E-state index in [4.69, 9.17) is 4.74 Å². The number of ether oxygens (including phenoxy) is 1. The van der Waals surface area contributed by atoms with Crippen LogP contribution in [-0.2, 0) is 4.74 Å². The summed E-state index contributed by atoms with van der Waals surface area (Å²) in [6.45, 7) is 11.6. The van der Waals surface area contributed by atoms with Crippen molar-refractivity contribution in [2.24, 2.45) is 5.92 Å². The van der Waals surface area contributed by atoms with Gasteiger partial charge in [-0.3, -0.25) is 0 Å². The normalized spacial score (nSPS) is 18.3. The Morgan fingerprint density at radius 1 is 1.28 bits per heavy atom. The fraction of sp³-hybridized carbons (Fsp3) is 0.929. The molecule has 1 heterocycles. The third-order valence-electron chi connectivity index (χ3n) is 3.27. The predicted molar refractivity (Wildman–Crippen MR) is 73.7 cm³/mol. The maximum absolute atomic E-state index is 11.5. The molecule has 0 radical (unpaired) electrons. The average Bonchev–Trinajstić information content (AvgIpc) is 2.26. The number of piperidine rings is 1. The zero-order valence-corrected chi connectivity index (χ0v) is 12.2. The Bertz CT molecular complexity index is 246. The van der Waals surface area contributed by atoms with Crippen molar-refractivity contribution in [1.29, 1.82) is 0 Å². The van der Waals surface area contributed by atoms with Gasteiger partial charge in [-0.25, -0.2) is 4.79 Å². The summed E-state index contributed by atoms with van der Waals surface area (Å²) in [6.07, 6.45) is 3.01. The van der Waals surface area contributed by atoms with Crippen molar-refractivity contribution >= 4 is 6.09 Å². The lowest BCUT2D eigenvalue weighted by Gasteiger charge is -2.32. The Labute approximate surface area is 111 Å². The highest BCUT2D eigenvalue weighted by molar-refractivity contribution is 5.67. The van der Waals surface area contributed by atoms with Crippen LogP contribution in [0.4, 0.5) is 4.79 Å². The quantitative estimate of drug-likeness (QED) is 0.822. The first-order valence-electron chi connectivity index (χ1n) is 7.17. The SMILES string of the molecule is CC(C)CCN1CCC(NC(=O)OC(C)C)CC1. The number of hydrogen-bond donors (Lipinski definition) is 1. The zero-order valence-electron chi connectivity index (χ0n) is 12.2. The highest BCUT2D eigenvalue weighted by Gasteiger charge is 2.21. The van der Waals surface area contributed by atoms with Crippen molar-refractivity contribution in [2.45, 2.75) is 59.1 Å². The van der Waals surface area contributed by atoms with E-state index in [1.54, 1.807) is 0 Å². The Morgan fingerprint density at radius 2 is 1.89 bits per heavy atom. The molecular formula is C14H28N2O2. The molecule has 1 amide bonds. The summed E-state index contributed by atoms with van der Waals surface area (Å²) in [7, 11) is 0. The molecule has 0 aromatic carbocycles. The lowest BCUT2D eigenvalue weighted by Crippen LogP contribution is -2.45. The molecule has 0 bridgehead atoms. The number of hydrogen-bond acceptors (Lipinski definition) is 3. The number of carbonyl (C=O) groups is 1. The van der Waals surface area contributed by atoms with Crippen LogP contribution >= 0.6 is 0 Å². The average molecular weight is 256 g/mol. The van der Waals surface area contributed by atoms with Crippen molar-refractivity contribution < 1.29 is 9.53 Å². The van der Waals surface area contributed by atoms with Crippen LogP contribution < -0.4 is 5.32 Å². The highest BCUT2D eigenvalue weighted by atomic mass is 16.6. The largest absolute Gasteiger partial charge is 0.447 e. The maximum Gasteiger partial charge on any atom is 0.407 e. The molecule has 4 nitrogen and oxygen atoms in total. The van der Waals surface area contributed by atoms with Gasteiger partial charge in [0.25, 0.3) is 0 Å². The number of likely N-dealkylation sites (tertiary alicyclic amines) is 1. The fourth-order valence-corrected chi connectivity index (χ4v) is 2.16. The van der Waals surface area contributed by atoms with Crippen molar-refractivity contribution in [1.82, 2.24) is 10.2 Å². The standard InChI is InChI=1S/C14H28N2O2/c1-11(2)5-8-16-9-6-13(7-10-16)15-14(17)18-12(3)4/h11-13H,5-10H2,1-4H3,(H,15,17). The van der Waals surface area contributed by atoms with Gasteiger partial charge in [-0.1, -0.05) is 13.8 Å². The Kier molecular flexibility index (Phi) is 6.47. The summed E-state index contributed by atoms with van der Waals surface area (Å²) in [6, 6.07) is 0.284. The van der Waals surface area contributed by atoms with Gasteiger partial charge in [0, 0.05) is 19.1 Å². The lowest BCUT2D eigenvalue weighted by molar-refractivity contribution is 0.105. The second kappa shape index (κ2) is 7.62. The molecule has 106 valence electrons. The van der Waals surface area contributed by atoms with Crippen LogP contribution in [0.15, 0.2) is 0 Å². The molecule has 1 aliphatic heterocycles. The van der Waals surface area contributed by atoms with Crippen molar-refractivity contribution in [3.63, 3.8) is 0 Å². The number of nitrogens with one attached hydrogen (secondary N) is 1. The minimum absolute atomic E-state index is 0.0452. The van der Waals surface area contributed by atoms with Gasteiger partial charge in [-0.2, -0.15) is 0 Å². The summed E-state index contributed by atoms with van der Waals surface area (Å²) in [5.41, 5.74) is 0. The smallest absolute Gasteiger partial charge is 0.407 e. The first-order chi connectivity index (χ1) is 8.47. The molecule has 0 atom stereocenters. The molecule has 0 spiro atoms. The lowest BCUT2D eigenvalue weighted by atomic mass is 10.0. The molecule has 1 rings (SSSR count). The molecule has 0 aromatic heterocycles. The Morgan fingerprint density at radius 3 is 2.39 bits per heavy atom. The molecule has 18 heavy (non-hydrogen) atoms. The van der Waals surface area contributed by atoms with E-state index < -0.39 is 0 Å². The van der Waals surface area contributed by atoms with Gasteiger partial charge in [0.15, 0.2) is 0 Å². The minimum atomic E-state index is -0.273. The third kappa shape index (κ3) is 6.24. The third-order valence-corrected chi connectivity index (χ3v) is 3.27. The second-order valence-corrected chi connectivity index (χ2v) is 5.90. The number of alkyl carbamates (subject to hydrolysis) is 1. The van der Waals surface area contributed by atoms with Gasteiger partial charge in [-0.05, 0) is 45.6 Å². The van der Waals surface area contributed by atoms with Gasteiger partial charge >= 0.3 is 6.09 Å². The van der Waals surface area contributed by atoms with Crippen LogP contribution in [0.2, 0.25) is 0 Å². The minimum Gasteiger partial charge on any atom is -0.447 e. The van der Waals surface area contributed by atoms with E-state index in [9.17, 15) is 4.79 Å². The first kappa shape index (κ1) is 15.3. The topological polar surface area (TPSA) is 41.6 Å². The summed E-state index contributed by atoms with van der Waals surface area (Å²) >= 11 is 0. The summed E-state index contributed by atoms with van der Waals surface area (Å²) in [5.74, 6) is 0.766. The molecule has 1 aliphatic rings. The summed E-state index contributed by atoms with van der Waals surface area (Å²) in [4.78, 5) is 14.0. The molecule has 1 fully saturated rings. The summed E-state index contributed by atoms with van der Waals surface area (Å²) < 4.78 is 5.10. The van der Waals surface area contributed by atoms with E-state index in [0.717, 1.165) is 31.8 Å². The molecule has 0 aliphatic carbocycles. The second-order valence-electron chi connectivity index (χ2n) is 5.90. The van der Waals surface area contributed by atoms with E-state index >= 15 is 0 Å². The maximum atomic E-state index is 11.5. The monoisotopic (exact) mass is 256 g/mol. The van der Waals surface area contributed by atoms with Crippen LogP contribution in [-0.4, -0.2) is 42.8 Å². The molecule has 0 unspecified atom stereocenters. The number of rotatable bonds is 5. The van der Waals surface area contributed by atoms with Crippen LogP contribution in [0.3, 0.4) is 0 Å².